The Bertz CT molecular complexity index is 322. The summed E-state index contributed by atoms with van der Waals surface area (Å²) in [7, 11) is 0. The predicted octanol–water partition coefficient (Wildman–Crippen LogP) is 3.33. The molecule has 14 heavy (non-hydrogen) atoms. The first-order valence-corrected chi connectivity index (χ1v) is 5.70. The van der Waals surface area contributed by atoms with Crippen LogP contribution in [0.25, 0.3) is 0 Å². The van der Waals surface area contributed by atoms with Crippen LogP contribution in [0.1, 0.15) is 36.9 Å². The highest BCUT2D eigenvalue weighted by atomic mass is 35.5. The summed E-state index contributed by atoms with van der Waals surface area (Å²) in [5.74, 6) is 0. The van der Waals surface area contributed by atoms with Crippen LogP contribution in [0.2, 0.25) is 5.02 Å². The zero-order valence-corrected chi connectivity index (χ0v) is 9.27. The molecule has 1 atom stereocenters. The van der Waals surface area contributed by atoms with E-state index in [2.05, 4.69) is 24.4 Å². The van der Waals surface area contributed by atoms with Gasteiger partial charge >= 0.3 is 0 Å². The van der Waals surface area contributed by atoms with Crippen LogP contribution >= 0.6 is 11.6 Å². The summed E-state index contributed by atoms with van der Waals surface area (Å²) in [4.78, 5) is 0. The van der Waals surface area contributed by atoms with Gasteiger partial charge in [0.1, 0.15) is 0 Å². The average molecular weight is 210 g/mol. The Kier molecular flexibility index (Phi) is 3.09. The number of nitrogens with one attached hydrogen (secondary N) is 1. The Morgan fingerprint density at radius 1 is 1.50 bits per heavy atom. The molecule has 0 saturated carbocycles. The van der Waals surface area contributed by atoms with Crippen LogP contribution < -0.4 is 5.32 Å². The number of hydrogen-bond donors (Lipinski definition) is 1. The minimum absolute atomic E-state index is 0.516. The van der Waals surface area contributed by atoms with Gasteiger partial charge < -0.3 is 5.32 Å². The van der Waals surface area contributed by atoms with Crippen molar-refractivity contribution in [3.63, 3.8) is 0 Å². The van der Waals surface area contributed by atoms with Crippen LogP contribution in [0.3, 0.4) is 0 Å². The fraction of sp³-hybridized carbons (Fsp3) is 0.500. The molecule has 2 heteroatoms. The van der Waals surface area contributed by atoms with Gasteiger partial charge in [-0.1, -0.05) is 24.6 Å². The van der Waals surface area contributed by atoms with Gasteiger partial charge in [-0.2, -0.15) is 0 Å². The smallest absolute Gasteiger partial charge is 0.0409 e. The van der Waals surface area contributed by atoms with Crippen LogP contribution in [-0.4, -0.2) is 6.54 Å². The second-order valence-electron chi connectivity index (χ2n) is 3.85. The predicted molar refractivity (Wildman–Crippen MR) is 60.8 cm³/mol. The Hall–Kier alpha value is -0.530. The third kappa shape index (κ3) is 1.94. The van der Waals surface area contributed by atoms with Gasteiger partial charge in [0.2, 0.25) is 0 Å². The van der Waals surface area contributed by atoms with Crippen molar-refractivity contribution in [3.8, 4) is 0 Å². The Balaban J connectivity index is 2.32. The second-order valence-corrected chi connectivity index (χ2v) is 4.28. The molecule has 1 nitrogen and oxygen atoms in total. The molecular weight excluding hydrogens is 194 g/mol. The van der Waals surface area contributed by atoms with Crippen molar-refractivity contribution in [2.45, 2.75) is 32.2 Å². The molecule has 1 aromatic carbocycles. The quantitative estimate of drug-likeness (QED) is 0.788. The maximum Gasteiger partial charge on any atom is 0.0409 e. The molecule has 2 rings (SSSR count). The molecule has 0 radical (unpaired) electrons. The standard InChI is InChI=1S/C12H16ClN/c1-2-14-12-5-3-4-9-6-7-10(13)8-11(9)12/h6-8,12,14H,2-5H2,1H3. The lowest BCUT2D eigenvalue weighted by Gasteiger charge is -2.26. The van der Waals surface area contributed by atoms with E-state index in [9.17, 15) is 0 Å². The van der Waals surface area contributed by atoms with Crippen molar-refractivity contribution in [2.24, 2.45) is 0 Å². The van der Waals surface area contributed by atoms with Crippen LogP contribution in [0.5, 0.6) is 0 Å². The molecule has 0 saturated heterocycles. The fourth-order valence-electron chi connectivity index (χ4n) is 2.23. The highest BCUT2D eigenvalue weighted by Crippen LogP contribution is 2.31. The number of aryl methyl sites for hydroxylation is 1. The Labute approximate surface area is 90.5 Å². The summed E-state index contributed by atoms with van der Waals surface area (Å²) in [6.07, 6.45) is 3.72. The Morgan fingerprint density at radius 3 is 3.14 bits per heavy atom. The number of rotatable bonds is 2. The van der Waals surface area contributed by atoms with Gasteiger partial charge in [0, 0.05) is 11.1 Å². The molecule has 1 unspecified atom stereocenters. The van der Waals surface area contributed by atoms with E-state index >= 15 is 0 Å². The number of hydrogen-bond acceptors (Lipinski definition) is 1. The average Bonchev–Trinajstić information content (AvgIpc) is 2.19. The zero-order valence-electron chi connectivity index (χ0n) is 8.52. The molecular formula is C12H16ClN. The molecule has 1 aliphatic rings. The lowest BCUT2D eigenvalue weighted by atomic mass is 9.88. The molecule has 0 spiro atoms. The third-order valence-corrected chi connectivity index (χ3v) is 3.11. The number of benzene rings is 1. The Morgan fingerprint density at radius 2 is 2.36 bits per heavy atom. The minimum atomic E-state index is 0.516. The highest BCUT2D eigenvalue weighted by molar-refractivity contribution is 6.30. The van der Waals surface area contributed by atoms with E-state index in [4.69, 9.17) is 11.6 Å². The van der Waals surface area contributed by atoms with Gasteiger partial charge in [-0.25, -0.2) is 0 Å². The minimum Gasteiger partial charge on any atom is -0.310 e. The second kappa shape index (κ2) is 4.33. The largest absolute Gasteiger partial charge is 0.310 e. The number of halogens is 1. The number of fused-ring (bicyclic) bond motifs is 1. The SMILES string of the molecule is CCNC1CCCc2ccc(Cl)cc21. The maximum absolute atomic E-state index is 6.01. The molecule has 0 fully saturated rings. The normalized spacial score (nSPS) is 20.6. The van der Waals surface area contributed by atoms with Crippen molar-refractivity contribution in [1.29, 1.82) is 0 Å². The van der Waals surface area contributed by atoms with Crippen molar-refractivity contribution >= 4 is 11.6 Å². The van der Waals surface area contributed by atoms with Crippen LogP contribution in [0.4, 0.5) is 0 Å². The van der Waals surface area contributed by atoms with E-state index in [1.807, 2.05) is 6.07 Å². The van der Waals surface area contributed by atoms with Crippen LogP contribution in [0, 0.1) is 0 Å². The summed E-state index contributed by atoms with van der Waals surface area (Å²) in [6.45, 7) is 3.18. The first kappa shape index (κ1) is 10.0. The van der Waals surface area contributed by atoms with Gasteiger partial charge in [-0.05, 0) is 49.1 Å². The van der Waals surface area contributed by atoms with Gasteiger partial charge in [-0.3, -0.25) is 0 Å². The van der Waals surface area contributed by atoms with Gasteiger partial charge in [0.05, 0.1) is 0 Å². The van der Waals surface area contributed by atoms with Crippen molar-refractivity contribution < 1.29 is 0 Å². The van der Waals surface area contributed by atoms with E-state index in [0.717, 1.165) is 11.6 Å². The highest BCUT2D eigenvalue weighted by Gasteiger charge is 2.18. The molecule has 0 aromatic heterocycles. The molecule has 1 aliphatic carbocycles. The molecule has 0 amide bonds. The molecule has 0 aliphatic heterocycles. The van der Waals surface area contributed by atoms with E-state index in [-0.39, 0.29) is 0 Å². The van der Waals surface area contributed by atoms with Crippen molar-refractivity contribution in [2.75, 3.05) is 6.54 Å². The van der Waals surface area contributed by atoms with Crippen LogP contribution in [0.15, 0.2) is 18.2 Å². The maximum atomic E-state index is 6.01. The summed E-state index contributed by atoms with van der Waals surface area (Å²) in [5.41, 5.74) is 2.87. The summed E-state index contributed by atoms with van der Waals surface area (Å²) in [6, 6.07) is 6.79. The molecule has 76 valence electrons. The lowest BCUT2D eigenvalue weighted by molar-refractivity contribution is 0.472. The first-order chi connectivity index (χ1) is 6.81. The lowest BCUT2D eigenvalue weighted by Crippen LogP contribution is -2.24. The molecule has 1 N–H and O–H groups in total. The molecule has 0 heterocycles. The van der Waals surface area contributed by atoms with E-state index in [1.54, 1.807) is 0 Å². The monoisotopic (exact) mass is 209 g/mol. The third-order valence-electron chi connectivity index (χ3n) is 2.87. The fourth-order valence-corrected chi connectivity index (χ4v) is 2.41. The zero-order chi connectivity index (χ0) is 9.97. The van der Waals surface area contributed by atoms with E-state index in [1.165, 1.54) is 30.4 Å². The summed E-state index contributed by atoms with van der Waals surface area (Å²) < 4.78 is 0. The van der Waals surface area contributed by atoms with Gasteiger partial charge in [0.25, 0.3) is 0 Å². The van der Waals surface area contributed by atoms with Gasteiger partial charge in [0.15, 0.2) is 0 Å². The molecule has 0 bridgehead atoms. The van der Waals surface area contributed by atoms with Crippen molar-refractivity contribution in [3.05, 3.63) is 34.3 Å². The van der Waals surface area contributed by atoms with E-state index in [0.29, 0.717) is 6.04 Å². The van der Waals surface area contributed by atoms with Gasteiger partial charge in [-0.15, -0.1) is 0 Å². The van der Waals surface area contributed by atoms with Crippen LogP contribution in [-0.2, 0) is 6.42 Å². The molecule has 1 aromatic rings. The summed E-state index contributed by atoms with van der Waals surface area (Å²) >= 11 is 6.01. The topological polar surface area (TPSA) is 12.0 Å². The van der Waals surface area contributed by atoms with E-state index < -0.39 is 0 Å². The summed E-state index contributed by atoms with van der Waals surface area (Å²) in [5, 5.41) is 4.36. The van der Waals surface area contributed by atoms with Crippen molar-refractivity contribution in [1.82, 2.24) is 5.32 Å². The first-order valence-electron chi connectivity index (χ1n) is 5.33.